The lowest BCUT2D eigenvalue weighted by Crippen LogP contribution is -2.45. The molecule has 10 nitrogen and oxygen atoms in total. The van der Waals surface area contributed by atoms with E-state index in [1.54, 1.807) is 30.3 Å². The standard InChI is InChI=1S/C25H29N3O7/c1-4-5-6-10-13-35-23-18(28(31)32)14-17(15-19(23)33-2)22-20(24(29)34-3)21(26-25(30)27-22)16-11-8-7-9-12-16/h7-9,11-12,14-15,22H,4-6,10,13H2,1-3H3,(H2,26,27,30). The number of rotatable bonds is 11. The van der Waals surface area contributed by atoms with Gasteiger partial charge in [0.15, 0.2) is 5.75 Å². The number of nitrogens with one attached hydrogen (secondary N) is 2. The van der Waals surface area contributed by atoms with Gasteiger partial charge in [-0.15, -0.1) is 0 Å². The van der Waals surface area contributed by atoms with Gasteiger partial charge in [0.2, 0.25) is 5.75 Å². The summed E-state index contributed by atoms with van der Waals surface area (Å²) in [6.45, 7) is 2.39. The highest BCUT2D eigenvalue weighted by Crippen LogP contribution is 2.42. The first-order valence-electron chi connectivity index (χ1n) is 11.4. The van der Waals surface area contributed by atoms with Crippen molar-refractivity contribution in [3.63, 3.8) is 0 Å². The molecule has 0 aromatic heterocycles. The number of nitro groups is 1. The van der Waals surface area contributed by atoms with Crippen molar-refractivity contribution in [3.8, 4) is 11.5 Å². The smallest absolute Gasteiger partial charge is 0.338 e. The van der Waals surface area contributed by atoms with Gasteiger partial charge in [-0.1, -0.05) is 56.5 Å². The normalized spacial score (nSPS) is 15.2. The van der Waals surface area contributed by atoms with Crippen LogP contribution in [0.2, 0.25) is 0 Å². The van der Waals surface area contributed by atoms with E-state index in [-0.39, 0.29) is 34.0 Å². The number of hydrogen-bond donors (Lipinski definition) is 2. The van der Waals surface area contributed by atoms with Gasteiger partial charge in [0.05, 0.1) is 43.1 Å². The highest BCUT2D eigenvalue weighted by Gasteiger charge is 2.36. The van der Waals surface area contributed by atoms with E-state index >= 15 is 0 Å². The molecule has 0 spiro atoms. The molecule has 186 valence electrons. The van der Waals surface area contributed by atoms with Crippen molar-refractivity contribution in [2.45, 2.75) is 38.6 Å². The lowest BCUT2D eigenvalue weighted by Gasteiger charge is -2.29. The monoisotopic (exact) mass is 483 g/mol. The van der Waals surface area contributed by atoms with Gasteiger partial charge in [0, 0.05) is 6.07 Å². The third-order valence-corrected chi connectivity index (χ3v) is 5.59. The summed E-state index contributed by atoms with van der Waals surface area (Å²) in [6, 6.07) is 10.0. The molecule has 2 aromatic carbocycles. The third-order valence-electron chi connectivity index (χ3n) is 5.59. The van der Waals surface area contributed by atoms with Crippen molar-refractivity contribution < 1.29 is 28.7 Å². The molecule has 2 N–H and O–H groups in total. The minimum absolute atomic E-state index is 0.00453. The zero-order valence-electron chi connectivity index (χ0n) is 20.0. The van der Waals surface area contributed by atoms with Crippen molar-refractivity contribution in [1.82, 2.24) is 10.6 Å². The number of carbonyl (C=O) groups is 2. The molecule has 0 bridgehead atoms. The van der Waals surface area contributed by atoms with Crippen LogP contribution in [0.4, 0.5) is 10.5 Å². The number of carbonyl (C=O) groups excluding carboxylic acids is 2. The van der Waals surface area contributed by atoms with E-state index in [1.165, 1.54) is 26.4 Å². The maximum atomic E-state index is 12.8. The summed E-state index contributed by atoms with van der Waals surface area (Å²) in [5.74, 6) is -0.563. The number of ether oxygens (including phenoxy) is 3. The quantitative estimate of drug-likeness (QED) is 0.208. The average molecular weight is 484 g/mol. The van der Waals surface area contributed by atoms with Crippen LogP contribution in [0.5, 0.6) is 11.5 Å². The summed E-state index contributed by atoms with van der Waals surface area (Å²) in [7, 11) is 2.60. The van der Waals surface area contributed by atoms with E-state index in [0.29, 0.717) is 12.2 Å². The van der Waals surface area contributed by atoms with Gasteiger partial charge in [0.1, 0.15) is 0 Å². The van der Waals surface area contributed by atoms with Crippen LogP contribution in [0.15, 0.2) is 48.0 Å². The van der Waals surface area contributed by atoms with Crippen molar-refractivity contribution in [3.05, 3.63) is 69.3 Å². The van der Waals surface area contributed by atoms with E-state index in [9.17, 15) is 19.7 Å². The highest BCUT2D eigenvalue weighted by molar-refractivity contribution is 6.04. The maximum absolute atomic E-state index is 12.8. The summed E-state index contributed by atoms with van der Waals surface area (Å²) in [6.07, 6.45) is 3.79. The average Bonchev–Trinajstić information content (AvgIpc) is 2.87. The number of esters is 1. The number of urea groups is 1. The van der Waals surface area contributed by atoms with Gasteiger partial charge in [0.25, 0.3) is 0 Å². The first-order valence-corrected chi connectivity index (χ1v) is 11.4. The van der Waals surface area contributed by atoms with Gasteiger partial charge < -0.3 is 24.8 Å². The second-order valence-corrected chi connectivity index (χ2v) is 7.92. The third kappa shape index (κ3) is 5.89. The van der Waals surface area contributed by atoms with Crippen LogP contribution < -0.4 is 20.1 Å². The SMILES string of the molecule is CCCCCCOc1c(OC)cc(C2NC(=O)NC(c3ccccc3)=C2C(=O)OC)cc1[N+](=O)[O-]. The highest BCUT2D eigenvalue weighted by atomic mass is 16.6. The van der Waals surface area contributed by atoms with Crippen LogP contribution in [-0.4, -0.2) is 37.8 Å². The molecule has 1 aliphatic heterocycles. The fourth-order valence-corrected chi connectivity index (χ4v) is 3.89. The van der Waals surface area contributed by atoms with Crippen LogP contribution in [0.25, 0.3) is 5.70 Å². The molecule has 0 saturated heterocycles. The Balaban J connectivity index is 2.10. The number of unbranched alkanes of at least 4 members (excludes halogenated alkanes) is 3. The number of amides is 2. The fraction of sp³-hybridized carbons (Fsp3) is 0.360. The Kier molecular flexibility index (Phi) is 8.66. The molecule has 1 unspecified atom stereocenters. The Morgan fingerprint density at radius 2 is 1.86 bits per heavy atom. The molecule has 1 aliphatic rings. The minimum Gasteiger partial charge on any atom is -0.493 e. The first kappa shape index (κ1) is 25.5. The van der Waals surface area contributed by atoms with Crippen molar-refractivity contribution in [1.29, 1.82) is 0 Å². The van der Waals surface area contributed by atoms with Crippen molar-refractivity contribution in [2.75, 3.05) is 20.8 Å². The molecule has 3 rings (SSSR count). The molecule has 0 aliphatic carbocycles. The van der Waals surface area contributed by atoms with Gasteiger partial charge >= 0.3 is 17.7 Å². The summed E-state index contributed by atoms with van der Waals surface area (Å²) in [4.78, 5) is 36.8. The first-order chi connectivity index (χ1) is 16.9. The summed E-state index contributed by atoms with van der Waals surface area (Å²) < 4.78 is 16.2. The molecule has 10 heteroatoms. The predicted octanol–water partition coefficient (Wildman–Crippen LogP) is 4.50. The van der Waals surface area contributed by atoms with Crippen LogP contribution >= 0.6 is 0 Å². The fourth-order valence-electron chi connectivity index (χ4n) is 3.89. The molecule has 2 aromatic rings. The number of hydrogen-bond acceptors (Lipinski definition) is 7. The number of nitrogens with zero attached hydrogens (tertiary/aromatic N) is 1. The van der Waals surface area contributed by atoms with Crippen molar-refractivity contribution in [2.24, 2.45) is 0 Å². The Bertz CT molecular complexity index is 1120. The van der Waals surface area contributed by atoms with Crippen LogP contribution in [0.1, 0.15) is 49.8 Å². The molecule has 0 fully saturated rings. The largest absolute Gasteiger partial charge is 0.493 e. The van der Waals surface area contributed by atoms with Crippen LogP contribution in [-0.2, 0) is 9.53 Å². The van der Waals surface area contributed by atoms with Gasteiger partial charge in [-0.05, 0) is 23.6 Å². The summed E-state index contributed by atoms with van der Waals surface area (Å²) >= 11 is 0. The Morgan fingerprint density at radius 3 is 2.49 bits per heavy atom. The van der Waals surface area contributed by atoms with E-state index in [1.807, 2.05) is 0 Å². The zero-order chi connectivity index (χ0) is 25.4. The molecule has 35 heavy (non-hydrogen) atoms. The predicted molar refractivity (Wildman–Crippen MR) is 129 cm³/mol. The second-order valence-electron chi connectivity index (χ2n) is 7.92. The Hall–Kier alpha value is -4.08. The topological polar surface area (TPSA) is 129 Å². The lowest BCUT2D eigenvalue weighted by atomic mass is 9.92. The number of methoxy groups -OCH3 is 2. The lowest BCUT2D eigenvalue weighted by molar-refractivity contribution is -0.386. The zero-order valence-corrected chi connectivity index (χ0v) is 20.0. The van der Waals surface area contributed by atoms with Crippen LogP contribution in [0.3, 0.4) is 0 Å². The molecule has 2 amide bonds. The van der Waals surface area contributed by atoms with Gasteiger partial charge in [-0.25, -0.2) is 9.59 Å². The maximum Gasteiger partial charge on any atom is 0.338 e. The van der Waals surface area contributed by atoms with Crippen molar-refractivity contribution >= 4 is 23.4 Å². The summed E-state index contributed by atoms with van der Waals surface area (Å²) in [5.41, 5.74) is 0.886. The molecular formula is C25H29N3O7. The second kappa shape index (κ2) is 11.9. The van der Waals surface area contributed by atoms with Gasteiger partial charge in [-0.2, -0.15) is 0 Å². The minimum atomic E-state index is -1.03. The van der Waals surface area contributed by atoms with E-state index < -0.39 is 23.0 Å². The molecule has 0 radical (unpaired) electrons. The van der Waals surface area contributed by atoms with Gasteiger partial charge in [-0.3, -0.25) is 10.1 Å². The molecule has 1 atom stereocenters. The van der Waals surface area contributed by atoms with E-state index in [4.69, 9.17) is 14.2 Å². The number of benzene rings is 2. The summed E-state index contributed by atoms with van der Waals surface area (Å²) in [5, 5.41) is 17.3. The Labute approximate surface area is 203 Å². The van der Waals surface area contributed by atoms with Crippen LogP contribution in [0, 0.1) is 10.1 Å². The Morgan fingerprint density at radius 1 is 1.11 bits per heavy atom. The number of nitro benzene ring substituents is 1. The molecular weight excluding hydrogens is 454 g/mol. The van der Waals surface area contributed by atoms with E-state index in [2.05, 4.69) is 17.6 Å². The van der Waals surface area contributed by atoms with E-state index in [0.717, 1.165) is 25.7 Å². The molecule has 0 saturated carbocycles. The molecule has 1 heterocycles.